The number of ether oxygens (including phenoxy) is 1. The number of piperidine rings is 1. The van der Waals surface area contributed by atoms with E-state index in [-0.39, 0.29) is 42.7 Å². The van der Waals surface area contributed by atoms with Gasteiger partial charge in [0.1, 0.15) is 0 Å². The molecule has 9 heteroatoms. The number of halogens is 2. The Labute approximate surface area is 167 Å². The Kier molecular flexibility index (Phi) is 9.57. The number of likely N-dealkylation sites (N-methyl/N-ethyl adjacent to an activating group) is 1. The summed E-state index contributed by atoms with van der Waals surface area (Å²) in [7, 11) is 1.88. The first-order valence-corrected chi connectivity index (χ1v) is 8.79. The molecule has 0 aliphatic carbocycles. The number of carbonyl (C=O) groups excluding carboxylic acids is 1. The summed E-state index contributed by atoms with van der Waals surface area (Å²) in [4.78, 5) is 16.8. The van der Waals surface area contributed by atoms with Crippen LogP contribution in [-0.4, -0.2) is 66.4 Å². The monoisotopic (exact) mass is 405 g/mol. The van der Waals surface area contributed by atoms with E-state index < -0.39 is 6.04 Å². The molecule has 0 spiro atoms. The van der Waals surface area contributed by atoms with Crippen LogP contribution in [0.3, 0.4) is 0 Å². The second-order valence-electron chi connectivity index (χ2n) is 6.75. The Hall–Kier alpha value is -1.15. The van der Waals surface area contributed by atoms with Crippen molar-refractivity contribution in [3.05, 3.63) is 18.3 Å². The molecule has 2 N–H and O–H groups in total. The van der Waals surface area contributed by atoms with Crippen molar-refractivity contribution in [3.63, 3.8) is 0 Å². The van der Waals surface area contributed by atoms with Gasteiger partial charge in [-0.3, -0.25) is 4.79 Å². The third-order valence-corrected chi connectivity index (χ3v) is 5.23. The molecule has 2 fully saturated rings. The van der Waals surface area contributed by atoms with Gasteiger partial charge in [-0.25, -0.2) is 0 Å². The van der Waals surface area contributed by atoms with Gasteiger partial charge in [0.2, 0.25) is 5.91 Å². The van der Waals surface area contributed by atoms with E-state index in [1.165, 1.54) is 0 Å². The SMILES string of the molecule is CN(C(=O)C(N)C1CCOCC1)C1CCCN(c2cccnn2)C1.Cl.Cl. The van der Waals surface area contributed by atoms with Crippen molar-refractivity contribution in [3.8, 4) is 0 Å². The first kappa shape index (κ1) is 22.9. The highest BCUT2D eigenvalue weighted by molar-refractivity contribution is 5.85. The van der Waals surface area contributed by atoms with E-state index in [0.717, 1.165) is 44.6 Å². The van der Waals surface area contributed by atoms with Crippen molar-refractivity contribution in [2.75, 3.05) is 38.3 Å². The molecule has 0 aromatic carbocycles. The lowest BCUT2D eigenvalue weighted by atomic mass is 9.91. The predicted octanol–water partition coefficient (Wildman–Crippen LogP) is 1.50. The first-order valence-electron chi connectivity index (χ1n) is 8.79. The van der Waals surface area contributed by atoms with E-state index in [1.807, 2.05) is 24.1 Å². The molecule has 3 rings (SSSR count). The molecule has 0 saturated carbocycles. The van der Waals surface area contributed by atoms with Crippen LogP contribution in [-0.2, 0) is 9.53 Å². The van der Waals surface area contributed by atoms with Crippen LogP contribution in [0.5, 0.6) is 0 Å². The summed E-state index contributed by atoms with van der Waals surface area (Å²) < 4.78 is 5.37. The molecular weight excluding hydrogens is 377 g/mol. The Morgan fingerprint density at radius 2 is 2.08 bits per heavy atom. The summed E-state index contributed by atoms with van der Waals surface area (Å²) >= 11 is 0. The van der Waals surface area contributed by atoms with Gasteiger partial charge < -0.3 is 20.3 Å². The summed E-state index contributed by atoms with van der Waals surface area (Å²) in [5, 5.41) is 8.13. The number of hydrogen-bond donors (Lipinski definition) is 1. The summed E-state index contributed by atoms with van der Waals surface area (Å²) in [5.74, 6) is 1.15. The van der Waals surface area contributed by atoms with Crippen LogP contribution >= 0.6 is 24.8 Å². The van der Waals surface area contributed by atoms with Crippen LogP contribution in [0.1, 0.15) is 25.7 Å². The number of hydrogen-bond acceptors (Lipinski definition) is 6. The van der Waals surface area contributed by atoms with Crippen LogP contribution in [0.4, 0.5) is 5.82 Å². The molecule has 2 unspecified atom stereocenters. The topological polar surface area (TPSA) is 84.6 Å². The number of nitrogens with zero attached hydrogens (tertiary/aromatic N) is 4. The minimum absolute atomic E-state index is 0. The molecule has 2 aliphatic heterocycles. The average Bonchev–Trinajstić information content (AvgIpc) is 2.67. The smallest absolute Gasteiger partial charge is 0.239 e. The second-order valence-corrected chi connectivity index (χ2v) is 6.75. The summed E-state index contributed by atoms with van der Waals surface area (Å²) in [6, 6.07) is 3.59. The fourth-order valence-corrected chi connectivity index (χ4v) is 3.63. The van der Waals surface area contributed by atoms with E-state index in [2.05, 4.69) is 15.1 Å². The molecule has 7 nitrogen and oxygen atoms in total. The Morgan fingerprint density at radius 3 is 2.73 bits per heavy atom. The molecule has 148 valence electrons. The molecule has 26 heavy (non-hydrogen) atoms. The van der Waals surface area contributed by atoms with Gasteiger partial charge in [0.05, 0.1) is 6.04 Å². The van der Waals surface area contributed by atoms with E-state index >= 15 is 0 Å². The summed E-state index contributed by atoms with van der Waals surface area (Å²) in [5.41, 5.74) is 6.26. The number of nitrogens with two attached hydrogens (primary N) is 1. The minimum atomic E-state index is -0.425. The van der Waals surface area contributed by atoms with Crippen LogP contribution in [0.2, 0.25) is 0 Å². The fourth-order valence-electron chi connectivity index (χ4n) is 3.63. The molecular formula is C17H29Cl2N5O2. The maximum absolute atomic E-state index is 12.8. The Bertz CT molecular complexity index is 545. The maximum atomic E-state index is 12.8. The fraction of sp³-hybridized carbons (Fsp3) is 0.706. The first-order chi connectivity index (χ1) is 11.7. The third kappa shape index (κ3) is 5.42. The molecule has 0 radical (unpaired) electrons. The predicted molar refractivity (Wildman–Crippen MR) is 106 cm³/mol. The molecule has 1 aromatic rings. The number of amides is 1. The Balaban J connectivity index is 0.00000169. The van der Waals surface area contributed by atoms with Crippen LogP contribution in [0.25, 0.3) is 0 Å². The zero-order chi connectivity index (χ0) is 16.9. The van der Waals surface area contributed by atoms with Crippen molar-refractivity contribution in [1.82, 2.24) is 15.1 Å². The van der Waals surface area contributed by atoms with Crippen LogP contribution < -0.4 is 10.6 Å². The summed E-state index contributed by atoms with van der Waals surface area (Å²) in [6.07, 6.45) is 5.45. The second kappa shape index (κ2) is 10.9. The van der Waals surface area contributed by atoms with Crippen LogP contribution in [0, 0.1) is 5.92 Å². The quantitative estimate of drug-likeness (QED) is 0.816. The zero-order valence-corrected chi connectivity index (χ0v) is 16.8. The number of anilines is 1. The molecule has 2 atom stereocenters. The standard InChI is InChI=1S/C17H27N5O2.2ClH/c1-21(17(23)16(18)13-6-10-24-11-7-13)14-4-3-9-22(12-14)15-5-2-8-19-20-15;;/h2,5,8,13-14,16H,3-4,6-7,9-12,18H2,1H3;2*1H. The van der Waals surface area contributed by atoms with Crippen molar-refractivity contribution in [1.29, 1.82) is 0 Å². The van der Waals surface area contributed by atoms with E-state index in [1.54, 1.807) is 6.20 Å². The van der Waals surface area contributed by atoms with Gasteiger partial charge in [-0.05, 0) is 43.7 Å². The van der Waals surface area contributed by atoms with Gasteiger partial charge in [-0.15, -0.1) is 29.9 Å². The molecule has 1 aromatic heterocycles. The number of carbonyl (C=O) groups is 1. The van der Waals surface area contributed by atoms with Crippen molar-refractivity contribution >= 4 is 36.5 Å². The highest BCUT2D eigenvalue weighted by atomic mass is 35.5. The average molecular weight is 406 g/mol. The maximum Gasteiger partial charge on any atom is 0.239 e. The van der Waals surface area contributed by atoms with Gasteiger partial charge in [0.15, 0.2) is 5.82 Å². The number of aromatic nitrogens is 2. The molecule has 0 bridgehead atoms. The van der Waals surface area contributed by atoms with E-state index in [0.29, 0.717) is 13.2 Å². The van der Waals surface area contributed by atoms with Gasteiger partial charge in [0, 0.05) is 45.6 Å². The van der Waals surface area contributed by atoms with Gasteiger partial charge in [-0.1, -0.05) is 0 Å². The van der Waals surface area contributed by atoms with Crippen molar-refractivity contribution in [2.45, 2.75) is 37.8 Å². The van der Waals surface area contributed by atoms with Crippen LogP contribution in [0.15, 0.2) is 18.3 Å². The van der Waals surface area contributed by atoms with Gasteiger partial charge in [-0.2, -0.15) is 5.10 Å². The zero-order valence-electron chi connectivity index (χ0n) is 15.1. The highest BCUT2D eigenvalue weighted by Gasteiger charge is 2.33. The Morgan fingerprint density at radius 1 is 1.35 bits per heavy atom. The lowest BCUT2D eigenvalue weighted by Gasteiger charge is -2.39. The molecule has 2 aliphatic rings. The van der Waals surface area contributed by atoms with E-state index in [9.17, 15) is 4.79 Å². The lowest BCUT2D eigenvalue weighted by Crippen LogP contribution is -2.55. The molecule has 1 amide bonds. The van der Waals surface area contributed by atoms with Gasteiger partial charge in [0.25, 0.3) is 0 Å². The van der Waals surface area contributed by atoms with Crippen molar-refractivity contribution < 1.29 is 9.53 Å². The minimum Gasteiger partial charge on any atom is -0.381 e. The largest absolute Gasteiger partial charge is 0.381 e. The van der Waals surface area contributed by atoms with Gasteiger partial charge >= 0.3 is 0 Å². The lowest BCUT2D eigenvalue weighted by molar-refractivity contribution is -0.135. The normalized spacial score (nSPS) is 21.9. The van der Waals surface area contributed by atoms with E-state index in [4.69, 9.17) is 10.5 Å². The third-order valence-electron chi connectivity index (χ3n) is 5.23. The number of rotatable bonds is 4. The highest BCUT2D eigenvalue weighted by Crippen LogP contribution is 2.23. The van der Waals surface area contributed by atoms with Crippen molar-refractivity contribution in [2.24, 2.45) is 11.7 Å². The summed E-state index contributed by atoms with van der Waals surface area (Å²) in [6.45, 7) is 3.14. The molecule has 3 heterocycles. The molecule has 2 saturated heterocycles.